The fraction of sp³-hybridized carbons (Fsp3) is 0.400. The third-order valence-corrected chi connectivity index (χ3v) is 3.29. The number of aryl methyl sites for hydroxylation is 1. The summed E-state index contributed by atoms with van der Waals surface area (Å²) in [7, 11) is 0. The predicted molar refractivity (Wildman–Crippen MR) is 55.7 cm³/mol. The highest BCUT2D eigenvalue weighted by Crippen LogP contribution is 2.35. The molecule has 1 aliphatic rings. The molecule has 0 saturated carbocycles. The first-order valence-corrected chi connectivity index (χ1v) is 5.43. The maximum absolute atomic E-state index is 6.18. The molecule has 1 aromatic rings. The highest BCUT2D eigenvalue weighted by Gasteiger charge is 2.17. The zero-order chi connectivity index (χ0) is 8.55. The van der Waals surface area contributed by atoms with Crippen LogP contribution < -0.4 is 0 Å². The van der Waals surface area contributed by atoms with E-state index in [1.54, 1.807) is 0 Å². The average molecular weight is 246 g/mol. The van der Waals surface area contributed by atoms with Crippen molar-refractivity contribution in [2.45, 2.75) is 24.6 Å². The number of benzene rings is 1. The van der Waals surface area contributed by atoms with E-state index >= 15 is 0 Å². The van der Waals surface area contributed by atoms with E-state index in [0.29, 0.717) is 0 Å². The van der Waals surface area contributed by atoms with E-state index in [-0.39, 0.29) is 5.38 Å². The van der Waals surface area contributed by atoms with Crippen molar-refractivity contribution in [3.05, 3.63) is 33.8 Å². The smallest absolute Gasteiger partial charge is 0.0588 e. The molecule has 0 radical (unpaired) electrons. The van der Waals surface area contributed by atoms with Crippen molar-refractivity contribution < 1.29 is 0 Å². The summed E-state index contributed by atoms with van der Waals surface area (Å²) in [5.74, 6) is 0. The molecule has 2 rings (SSSR count). The Hall–Kier alpha value is -0.0100. The molecule has 0 bridgehead atoms. The summed E-state index contributed by atoms with van der Waals surface area (Å²) in [5.41, 5.74) is 2.74. The molecule has 64 valence electrons. The van der Waals surface area contributed by atoms with Gasteiger partial charge >= 0.3 is 0 Å². The van der Waals surface area contributed by atoms with Crippen LogP contribution in [0.25, 0.3) is 0 Å². The van der Waals surface area contributed by atoms with Gasteiger partial charge < -0.3 is 0 Å². The second-order valence-corrected chi connectivity index (χ2v) is 4.65. The summed E-state index contributed by atoms with van der Waals surface area (Å²) in [4.78, 5) is 0. The number of alkyl halides is 1. The molecule has 0 spiro atoms. The van der Waals surface area contributed by atoms with Gasteiger partial charge in [-0.3, -0.25) is 0 Å². The SMILES string of the molecule is Cl[C@@H]1CCCc2cc(Br)ccc21. The molecule has 0 nitrogen and oxygen atoms in total. The Labute approximate surface area is 86.1 Å². The highest BCUT2D eigenvalue weighted by molar-refractivity contribution is 9.10. The van der Waals surface area contributed by atoms with Gasteiger partial charge in [-0.05, 0) is 42.5 Å². The fourth-order valence-electron chi connectivity index (χ4n) is 1.72. The summed E-state index contributed by atoms with van der Waals surface area (Å²) in [6.07, 6.45) is 3.52. The van der Waals surface area contributed by atoms with E-state index in [4.69, 9.17) is 11.6 Å². The van der Waals surface area contributed by atoms with Gasteiger partial charge in [0.15, 0.2) is 0 Å². The van der Waals surface area contributed by atoms with Crippen LogP contribution >= 0.6 is 27.5 Å². The van der Waals surface area contributed by atoms with Crippen molar-refractivity contribution in [2.75, 3.05) is 0 Å². The molecule has 1 aliphatic carbocycles. The molecule has 0 amide bonds. The summed E-state index contributed by atoms with van der Waals surface area (Å²) in [6, 6.07) is 6.39. The van der Waals surface area contributed by atoms with Crippen molar-refractivity contribution in [2.24, 2.45) is 0 Å². The van der Waals surface area contributed by atoms with Crippen LogP contribution in [0.3, 0.4) is 0 Å². The number of fused-ring (bicyclic) bond motifs is 1. The Balaban J connectivity index is 2.46. The normalized spacial score (nSPS) is 22.0. The number of rotatable bonds is 0. The molecule has 2 heteroatoms. The van der Waals surface area contributed by atoms with Gasteiger partial charge in [-0.1, -0.05) is 22.0 Å². The molecular weight excluding hydrogens is 235 g/mol. The van der Waals surface area contributed by atoms with Gasteiger partial charge in [0, 0.05) is 4.47 Å². The Bertz CT molecular complexity index is 296. The molecule has 0 aliphatic heterocycles. The molecule has 0 N–H and O–H groups in total. The Morgan fingerprint density at radius 2 is 2.25 bits per heavy atom. The molecule has 0 saturated heterocycles. The van der Waals surface area contributed by atoms with Crippen LogP contribution in [0.1, 0.15) is 29.3 Å². The monoisotopic (exact) mass is 244 g/mol. The van der Waals surface area contributed by atoms with Crippen LogP contribution in [0.4, 0.5) is 0 Å². The summed E-state index contributed by atoms with van der Waals surface area (Å²) in [5, 5.41) is 0.238. The van der Waals surface area contributed by atoms with Crippen LogP contribution in [0.15, 0.2) is 22.7 Å². The van der Waals surface area contributed by atoms with E-state index in [9.17, 15) is 0 Å². The first-order chi connectivity index (χ1) is 5.77. The van der Waals surface area contributed by atoms with Gasteiger partial charge in [-0.15, -0.1) is 11.6 Å². The van der Waals surface area contributed by atoms with Gasteiger partial charge in [-0.25, -0.2) is 0 Å². The minimum Gasteiger partial charge on any atom is -0.118 e. The summed E-state index contributed by atoms with van der Waals surface area (Å²) < 4.78 is 1.16. The van der Waals surface area contributed by atoms with Gasteiger partial charge in [0.05, 0.1) is 5.38 Å². The second kappa shape index (κ2) is 3.39. The first-order valence-electron chi connectivity index (χ1n) is 4.20. The lowest BCUT2D eigenvalue weighted by molar-refractivity contribution is 0.667. The third-order valence-electron chi connectivity index (χ3n) is 2.35. The van der Waals surface area contributed by atoms with Crippen LogP contribution in [0.5, 0.6) is 0 Å². The van der Waals surface area contributed by atoms with Crippen molar-refractivity contribution in [1.82, 2.24) is 0 Å². The quantitative estimate of drug-likeness (QED) is 0.605. The molecule has 1 atom stereocenters. The number of hydrogen-bond acceptors (Lipinski definition) is 0. The molecule has 0 heterocycles. The maximum Gasteiger partial charge on any atom is 0.0588 e. The lowest BCUT2D eigenvalue weighted by Crippen LogP contribution is -2.04. The van der Waals surface area contributed by atoms with Crippen LogP contribution in [-0.4, -0.2) is 0 Å². The second-order valence-electron chi connectivity index (χ2n) is 3.20. The standard InChI is InChI=1S/C10H10BrCl/c11-8-4-5-9-7(6-8)2-1-3-10(9)12/h4-6,10H,1-3H2/t10-/m1/s1. The fourth-order valence-corrected chi connectivity index (χ4v) is 2.50. The van der Waals surface area contributed by atoms with Gasteiger partial charge in [0.1, 0.15) is 0 Å². The zero-order valence-corrected chi connectivity index (χ0v) is 9.03. The van der Waals surface area contributed by atoms with Crippen LogP contribution in [0.2, 0.25) is 0 Å². The van der Waals surface area contributed by atoms with Crippen molar-refractivity contribution in [3.63, 3.8) is 0 Å². The molecular formula is C10H10BrCl. The topological polar surface area (TPSA) is 0 Å². The molecule has 0 unspecified atom stereocenters. The van der Waals surface area contributed by atoms with Crippen LogP contribution in [0, 0.1) is 0 Å². The lowest BCUT2D eigenvalue weighted by Gasteiger charge is -2.20. The first kappa shape index (κ1) is 8.58. The zero-order valence-electron chi connectivity index (χ0n) is 6.69. The maximum atomic E-state index is 6.18. The Morgan fingerprint density at radius 1 is 1.42 bits per heavy atom. The Morgan fingerprint density at radius 3 is 3.08 bits per heavy atom. The predicted octanol–water partition coefficient (Wildman–Crippen LogP) is 4.07. The Kier molecular flexibility index (Phi) is 2.42. The molecule has 0 aromatic heterocycles. The lowest BCUT2D eigenvalue weighted by atomic mass is 9.91. The summed E-state index contributed by atoms with van der Waals surface area (Å²) >= 11 is 9.65. The van der Waals surface area contributed by atoms with Gasteiger partial charge in [0.2, 0.25) is 0 Å². The minimum atomic E-state index is 0.238. The van der Waals surface area contributed by atoms with E-state index in [0.717, 1.165) is 10.9 Å². The van der Waals surface area contributed by atoms with Crippen LogP contribution in [-0.2, 0) is 6.42 Å². The van der Waals surface area contributed by atoms with E-state index < -0.39 is 0 Å². The van der Waals surface area contributed by atoms with E-state index in [1.807, 2.05) is 0 Å². The average Bonchev–Trinajstić information content (AvgIpc) is 2.04. The minimum absolute atomic E-state index is 0.238. The molecule has 0 fully saturated rings. The summed E-state index contributed by atoms with van der Waals surface area (Å²) in [6.45, 7) is 0. The van der Waals surface area contributed by atoms with Gasteiger partial charge in [0.25, 0.3) is 0 Å². The number of halogens is 2. The van der Waals surface area contributed by atoms with Crippen molar-refractivity contribution >= 4 is 27.5 Å². The molecule has 12 heavy (non-hydrogen) atoms. The number of hydrogen-bond donors (Lipinski definition) is 0. The third kappa shape index (κ3) is 1.53. The molecule has 1 aromatic carbocycles. The largest absolute Gasteiger partial charge is 0.118 e. The van der Waals surface area contributed by atoms with E-state index in [2.05, 4.69) is 34.1 Å². The van der Waals surface area contributed by atoms with Crippen molar-refractivity contribution in [3.8, 4) is 0 Å². The highest BCUT2D eigenvalue weighted by atomic mass is 79.9. The van der Waals surface area contributed by atoms with Crippen molar-refractivity contribution in [1.29, 1.82) is 0 Å². The van der Waals surface area contributed by atoms with E-state index in [1.165, 1.54) is 24.0 Å². The van der Waals surface area contributed by atoms with Gasteiger partial charge in [-0.2, -0.15) is 0 Å².